The number of carbonyl (C=O) groups excluding carboxylic acids is 1. The van der Waals surface area contributed by atoms with Crippen LogP contribution in [0.25, 0.3) is 0 Å². The minimum Gasteiger partial charge on any atom is -0.336 e. The SMILES string of the molecule is Cc1ccc(CN2CCN(C(=O)c3cccc(Br)c3)CC2)cc1. The number of halogens is 1. The maximum absolute atomic E-state index is 12.5. The molecule has 120 valence electrons. The van der Waals surface area contributed by atoms with E-state index in [-0.39, 0.29) is 5.91 Å². The third kappa shape index (κ3) is 4.21. The molecule has 0 aliphatic carbocycles. The molecule has 0 unspecified atom stereocenters. The zero-order valence-electron chi connectivity index (χ0n) is 13.3. The Balaban J connectivity index is 1.55. The lowest BCUT2D eigenvalue weighted by molar-refractivity contribution is 0.0628. The van der Waals surface area contributed by atoms with E-state index in [1.54, 1.807) is 0 Å². The van der Waals surface area contributed by atoms with Gasteiger partial charge in [0.15, 0.2) is 0 Å². The molecule has 0 atom stereocenters. The highest BCUT2D eigenvalue weighted by atomic mass is 79.9. The van der Waals surface area contributed by atoms with Gasteiger partial charge in [0.25, 0.3) is 5.91 Å². The number of hydrogen-bond donors (Lipinski definition) is 0. The normalized spacial score (nSPS) is 15.7. The van der Waals surface area contributed by atoms with Gasteiger partial charge in [-0.25, -0.2) is 0 Å². The summed E-state index contributed by atoms with van der Waals surface area (Å²) in [7, 11) is 0. The van der Waals surface area contributed by atoms with Crippen LogP contribution in [-0.2, 0) is 6.54 Å². The Morgan fingerprint density at radius 1 is 1.04 bits per heavy atom. The van der Waals surface area contributed by atoms with Crippen LogP contribution in [0.3, 0.4) is 0 Å². The predicted octanol–water partition coefficient (Wildman–Crippen LogP) is 3.72. The molecular weight excluding hydrogens is 352 g/mol. The van der Waals surface area contributed by atoms with Crippen LogP contribution in [0, 0.1) is 6.92 Å². The van der Waals surface area contributed by atoms with Crippen LogP contribution in [0.15, 0.2) is 53.0 Å². The largest absolute Gasteiger partial charge is 0.336 e. The van der Waals surface area contributed by atoms with Gasteiger partial charge in [-0.3, -0.25) is 9.69 Å². The summed E-state index contributed by atoms with van der Waals surface area (Å²) in [5, 5.41) is 0. The van der Waals surface area contributed by atoms with Crippen molar-refractivity contribution >= 4 is 21.8 Å². The van der Waals surface area contributed by atoms with E-state index in [0.717, 1.165) is 42.8 Å². The standard InChI is InChI=1S/C19H21BrN2O/c1-15-5-7-16(8-6-15)14-21-9-11-22(12-10-21)19(23)17-3-2-4-18(20)13-17/h2-8,13H,9-12,14H2,1H3. The van der Waals surface area contributed by atoms with Gasteiger partial charge in [0.05, 0.1) is 0 Å². The molecular formula is C19H21BrN2O. The molecule has 1 amide bonds. The lowest BCUT2D eigenvalue weighted by Crippen LogP contribution is -2.48. The first kappa shape index (κ1) is 16.2. The van der Waals surface area contributed by atoms with E-state index >= 15 is 0 Å². The van der Waals surface area contributed by atoms with Gasteiger partial charge in [-0.2, -0.15) is 0 Å². The van der Waals surface area contributed by atoms with Crippen LogP contribution < -0.4 is 0 Å². The average molecular weight is 373 g/mol. The minimum absolute atomic E-state index is 0.126. The van der Waals surface area contributed by atoms with E-state index in [9.17, 15) is 4.79 Å². The molecule has 0 saturated carbocycles. The van der Waals surface area contributed by atoms with E-state index in [4.69, 9.17) is 0 Å². The van der Waals surface area contributed by atoms with Gasteiger partial charge in [-0.05, 0) is 30.7 Å². The molecule has 2 aromatic carbocycles. The fourth-order valence-corrected chi connectivity index (χ4v) is 3.26. The number of rotatable bonds is 3. The molecule has 0 radical (unpaired) electrons. The fraction of sp³-hybridized carbons (Fsp3) is 0.316. The van der Waals surface area contributed by atoms with Crippen LogP contribution in [0.2, 0.25) is 0 Å². The predicted molar refractivity (Wildman–Crippen MR) is 96.5 cm³/mol. The molecule has 0 bridgehead atoms. The van der Waals surface area contributed by atoms with Crippen LogP contribution >= 0.6 is 15.9 Å². The summed E-state index contributed by atoms with van der Waals surface area (Å²) in [6.07, 6.45) is 0. The van der Waals surface area contributed by atoms with Crippen molar-refractivity contribution in [2.24, 2.45) is 0 Å². The third-order valence-corrected chi connectivity index (χ3v) is 4.75. The molecule has 1 aliphatic heterocycles. The van der Waals surface area contributed by atoms with Gasteiger partial charge in [0.2, 0.25) is 0 Å². The summed E-state index contributed by atoms with van der Waals surface area (Å²) in [6.45, 7) is 6.49. The summed E-state index contributed by atoms with van der Waals surface area (Å²) in [4.78, 5) is 16.9. The number of piperazine rings is 1. The average Bonchev–Trinajstić information content (AvgIpc) is 2.57. The monoisotopic (exact) mass is 372 g/mol. The second-order valence-electron chi connectivity index (χ2n) is 6.06. The smallest absolute Gasteiger partial charge is 0.253 e. The molecule has 0 aromatic heterocycles. The number of nitrogens with zero attached hydrogens (tertiary/aromatic N) is 2. The number of hydrogen-bond acceptors (Lipinski definition) is 2. The maximum atomic E-state index is 12.5. The molecule has 1 heterocycles. The van der Waals surface area contributed by atoms with Crippen molar-refractivity contribution in [3.63, 3.8) is 0 Å². The lowest BCUT2D eigenvalue weighted by atomic mass is 10.1. The highest BCUT2D eigenvalue weighted by Gasteiger charge is 2.22. The van der Waals surface area contributed by atoms with E-state index in [1.807, 2.05) is 29.2 Å². The molecule has 0 N–H and O–H groups in total. The Morgan fingerprint density at radius 2 is 1.74 bits per heavy atom. The molecule has 2 aromatic rings. The first-order valence-corrected chi connectivity index (χ1v) is 8.74. The summed E-state index contributed by atoms with van der Waals surface area (Å²) in [5.74, 6) is 0.126. The van der Waals surface area contributed by atoms with Crippen LogP contribution in [-0.4, -0.2) is 41.9 Å². The summed E-state index contributed by atoms with van der Waals surface area (Å²) < 4.78 is 0.946. The Morgan fingerprint density at radius 3 is 2.39 bits per heavy atom. The van der Waals surface area contributed by atoms with Crippen molar-refractivity contribution in [3.8, 4) is 0 Å². The zero-order valence-corrected chi connectivity index (χ0v) is 14.9. The van der Waals surface area contributed by atoms with Crippen LogP contribution in [0.5, 0.6) is 0 Å². The fourth-order valence-electron chi connectivity index (χ4n) is 2.86. The van der Waals surface area contributed by atoms with Crippen molar-refractivity contribution in [2.75, 3.05) is 26.2 Å². The molecule has 1 fully saturated rings. The Bertz CT molecular complexity index is 676. The van der Waals surface area contributed by atoms with Crippen molar-refractivity contribution in [1.82, 2.24) is 9.80 Å². The molecule has 4 heteroatoms. The van der Waals surface area contributed by atoms with Crippen molar-refractivity contribution < 1.29 is 4.79 Å². The van der Waals surface area contributed by atoms with Gasteiger partial charge in [-0.1, -0.05) is 51.8 Å². The number of benzene rings is 2. The van der Waals surface area contributed by atoms with Crippen molar-refractivity contribution in [1.29, 1.82) is 0 Å². The van der Waals surface area contributed by atoms with E-state index in [1.165, 1.54) is 11.1 Å². The first-order chi connectivity index (χ1) is 11.1. The topological polar surface area (TPSA) is 23.6 Å². The second-order valence-corrected chi connectivity index (χ2v) is 6.98. The third-order valence-electron chi connectivity index (χ3n) is 4.26. The van der Waals surface area contributed by atoms with Crippen LogP contribution in [0.4, 0.5) is 0 Å². The first-order valence-electron chi connectivity index (χ1n) is 7.94. The number of amides is 1. The molecule has 23 heavy (non-hydrogen) atoms. The number of carbonyl (C=O) groups is 1. The molecule has 0 spiro atoms. The van der Waals surface area contributed by atoms with Gasteiger partial charge >= 0.3 is 0 Å². The summed E-state index contributed by atoms with van der Waals surface area (Å²) >= 11 is 3.43. The Kier molecular flexibility index (Phi) is 5.13. The zero-order chi connectivity index (χ0) is 16.2. The van der Waals surface area contributed by atoms with Crippen LogP contribution in [0.1, 0.15) is 21.5 Å². The summed E-state index contributed by atoms with van der Waals surface area (Å²) in [5.41, 5.74) is 3.38. The highest BCUT2D eigenvalue weighted by molar-refractivity contribution is 9.10. The van der Waals surface area contributed by atoms with Gasteiger partial charge in [0, 0.05) is 42.8 Å². The Labute approximate surface area is 146 Å². The highest BCUT2D eigenvalue weighted by Crippen LogP contribution is 2.15. The second kappa shape index (κ2) is 7.28. The van der Waals surface area contributed by atoms with E-state index in [0.29, 0.717) is 0 Å². The Hall–Kier alpha value is -1.65. The van der Waals surface area contributed by atoms with Crippen molar-refractivity contribution in [2.45, 2.75) is 13.5 Å². The van der Waals surface area contributed by atoms with Gasteiger partial charge in [0.1, 0.15) is 0 Å². The summed E-state index contributed by atoms with van der Waals surface area (Å²) in [6, 6.07) is 16.3. The quantitative estimate of drug-likeness (QED) is 0.819. The van der Waals surface area contributed by atoms with Gasteiger partial charge in [-0.15, -0.1) is 0 Å². The maximum Gasteiger partial charge on any atom is 0.253 e. The molecule has 1 saturated heterocycles. The van der Waals surface area contributed by atoms with Gasteiger partial charge < -0.3 is 4.90 Å². The number of aryl methyl sites for hydroxylation is 1. The van der Waals surface area contributed by atoms with E-state index < -0.39 is 0 Å². The minimum atomic E-state index is 0.126. The molecule has 1 aliphatic rings. The lowest BCUT2D eigenvalue weighted by Gasteiger charge is -2.34. The molecule has 3 nitrogen and oxygen atoms in total. The van der Waals surface area contributed by atoms with Crippen molar-refractivity contribution in [3.05, 3.63) is 69.7 Å². The van der Waals surface area contributed by atoms with E-state index in [2.05, 4.69) is 52.0 Å². The molecule has 3 rings (SSSR count).